The van der Waals surface area contributed by atoms with Gasteiger partial charge in [0, 0.05) is 24.0 Å². The van der Waals surface area contributed by atoms with Gasteiger partial charge in [-0.3, -0.25) is 25.2 Å². The Morgan fingerprint density at radius 1 is 1.06 bits per heavy atom. The smallest absolute Gasteiger partial charge is 0.328 e. The summed E-state index contributed by atoms with van der Waals surface area (Å²) in [6, 6.07) is 8.32. The number of carbonyl (C=O) groups excluding carboxylic acids is 3. The van der Waals surface area contributed by atoms with Gasteiger partial charge >= 0.3 is 6.03 Å². The summed E-state index contributed by atoms with van der Waals surface area (Å²) in [7, 11) is 0. The van der Waals surface area contributed by atoms with Crippen LogP contribution in [0.3, 0.4) is 0 Å². The summed E-state index contributed by atoms with van der Waals surface area (Å²) >= 11 is 0. The standard InChI is InChI=1S/C23H22N8O4/c1-11-10-31-17-6-4-13(14-3-5-16(24-9-14)19-27-29-30-28-19)7-15(17)8-23(18(31)12(2)35-11)20(32)25-22(34)26-21(23)33/h3-7,9,11-12,18H,8,10H2,1-2H3,(H,27,28,29,30)(H2,25,26,32,33,34)/t11-,12+,18-/m1/s1. The molecule has 178 valence electrons. The van der Waals surface area contributed by atoms with Crippen LogP contribution in [-0.4, -0.2) is 68.2 Å². The van der Waals surface area contributed by atoms with Crippen LogP contribution in [-0.2, 0) is 20.7 Å². The number of urea groups is 1. The van der Waals surface area contributed by atoms with Crippen LogP contribution in [0.4, 0.5) is 10.5 Å². The van der Waals surface area contributed by atoms with E-state index in [-0.39, 0.29) is 12.5 Å². The van der Waals surface area contributed by atoms with Crippen LogP contribution in [0.1, 0.15) is 19.4 Å². The number of barbiturate groups is 1. The van der Waals surface area contributed by atoms with Crippen molar-refractivity contribution in [1.29, 1.82) is 0 Å². The highest BCUT2D eigenvalue weighted by Crippen LogP contribution is 2.47. The van der Waals surface area contributed by atoms with Crippen LogP contribution in [0.5, 0.6) is 0 Å². The number of morpholine rings is 1. The first kappa shape index (κ1) is 21.4. The van der Waals surface area contributed by atoms with E-state index in [2.05, 4.69) is 41.1 Å². The van der Waals surface area contributed by atoms with Crippen molar-refractivity contribution in [2.24, 2.45) is 5.41 Å². The van der Waals surface area contributed by atoms with Gasteiger partial charge in [0.25, 0.3) is 0 Å². The molecule has 3 N–H and O–H groups in total. The van der Waals surface area contributed by atoms with Gasteiger partial charge in [-0.05, 0) is 54.8 Å². The summed E-state index contributed by atoms with van der Waals surface area (Å²) in [5, 5.41) is 18.5. The molecule has 0 bridgehead atoms. The van der Waals surface area contributed by atoms with Crippen molar-refractivity contribution in [2.75, 3.05) is 11.4 Å². The number of imide groups is 2. The molecular weight excluding hydrogens is 452 g/mol. The highest BCUT2D eigenvalue weighted by Gasteiger charge is 2.62. The third-order valence-corrected chi connectivity index (χ3v) is 6.98. The molecule has 1 aromatic carbocycles. The first-order valence-corrected chi connectivity index (χ1v) is 11.3. The number of aromatic amines is 1. The number of H-pyrrole nitrogens is 1. The zero-order valence-electron chi connectivity index (χ0n) is 19.0. The first-order valence-electron chi connectivity index (χ1n) is 11.3. The van der Waals surface area contributed by atoms with E-state index in [9.17, 15) is 14.4 Å². The number of anilines is 1. The highest BCUT2D eigenvalue weighted by molar-refractivity contribution is 6.20. The summed E-state index contributed by atoms with van der Waals surface area (Å²) in [4.78, 5) is 44.9. The minimum atomic E-state index is -1.50. The molecule has 2 saturated heterocycles. The lowest BCUT2D eigenvalue weighted by atomic mass is 9.66. The van der Waals surface area contributed by atoms with Gasteiger partial charge in [0.15, 0.2) is 5.41 Å². The summed E-state index contributed by atoms with van der Waals surface area (Å²) in [5.74, 6) is -0.809. The molecule has 0 aliphatic carbocycles. The third kappa shape index (κ3) is 3.21. The summed E-state index contributed by atoms with van der Waals surface area (Å²) < 4.78 is 6.04. The van der Waals surface area contributed by atoms with Crippen molar-refractivity contribution in [3.63, 3.8) is 0 Å². The zero-order valence-corrected chi connectivity index (χ0v) is 19.0. The Hall–Kier alpha value is -4.19. The fourth-order valence-corrected chi connectivity index (χ4v) is 5.59. The second-order valence-electron chi connectivity index (χ2n) is 9.15. The van der Waals surface area contributed by atoms with Gasteiger partial charge in [-0.25, -0.2) is 4.79 Å². The Kier molecular flexibility index (Phi) is 4.68. The van der Waals surface area contributed by atoms with Gasteiger partial charge in [-0.15, -0.1) is 10.2 Å². The maximum absolute atomic E-state index is 13.3. The molecule has 0 unspecified atom stereocenters. The van der Waals surface area contributed by atoms with Crippen molar-refractivity contribution in [1.82, 2.24) is 36.2 Å². The fraction of sp³-hybridized carbons (Fsp3) is 0.348. The lowest BCUT2D eigenvalue weighted by Gasteiger charge is -2.55. The molecule has 2 aromatic heterocycles. The molecule has 12 heteroatoms. The van der Waals surface area contributed by atoms with E-state index >= 15 is 0 Å². The van der Waals surface area contributed by atoms with Crippen LogP contribution in [0.15, 0.2) is 36.5 Å². The molecule has 1 spiro atoms. The van der Waals surface area contributed by atoms with Crippen molar-refractivity contribution in [3.8, 4) is 22.6 Å². The molecule has 5 heterocycles. The van der Waals surface area contributed by atoms with Crippen molar-refractivity contribution >= 4 is 23.5 Å². The molecule has 4 amide bonds. The largest absolute Gasteiger partial charge is 0.372 e. The summed E-state index contributed by atoms with van der Waals surface area (Å²) in [5.41, 5.74) is 2.60. The van der Waals surface area contributed by atoms with Crippen LogP contribution in [0.2, 0.25) is 0 Å². The van der Waals surface area contributed by atoms with Crippen LogP contribution >= 0.6 is 0 Å². The Balaban J connectivity index is 1.43. The second kappa shape index (κ2) is 7.67. The van der Waals surface area contributed by atoms with Crippen molar-refractivity contribution in [2.45, 2.75) is 38.5 Å². The Morgan fingerprint density at radius 3 is 2.51 bits per heavy atom. The zero-order chi connectivity index (χ0) is 24.3. The third-order valence-electron chi connectivity index (χ3n) is 6.98. The molecule has 3 aliphatic rings. The molecule has 12 nitrogen and oxygen atoms in total. The van der Waals surface area contributed by atoms with E-state index < -0.39 is 35.4 Å². The highest BCUT2D eigenvalue weighted by atomic mass is 16.5. The van der Waals surface area contributed by atoms with Crippen LogP contribution in [0.25, 0.3) is 22.6 Å². The van der Waals surface area contributed by atoms with Gasteiger partial charge in [0.1, 0.15) is 5.69 Å². The van der Waals surface area contributed by atoms with Gasteiger partial charge in [-0.1, -0.05) is 12.1 Å². The first-order chi connectivity index (χ1) is 16.9. The van der Waals surface area contributed by atoms with E-state index in [1.165, 1.54) is 0 Å². The number of carbonyl (C=O) groups is 3. The molecule has 6 rings (SSSR count). The maximum atomic E-state index is 13.3. The summed E-state index contributed by atoms with van der Waals surface area (Å²) in [6.07, 6.45) is 1.35. The fourth-order valence-electron chi connectivity index (χ4n) is 5.59. The minimum Gasteiger partial charge on any atom is -0.372 e. The monoisotopic (exact) mass is 474 g/mol. The predicted octanol–water partition coefficient (Wildman–Crippen LogP) is 0.819. The number of ether oxygens (including phenoxy) is 1. The number of fused-ring (bicyclic) bond motifs is 4. The molecule has 0 radical (unpaired) electrons. The number of hydrogen-bond acceptors (Lipinski definition) is 9. The van der Waals surface area contributed by atoms with Gasteiger partial charge in [0.2, 0.25) is 17.6 Å². The Bertz CT molecular complexity index is 1320. The van der Waals surface area contributed by atoms with Gasteiger partial charge in [-0.2, -0.15) is 5.21 Å². The molecule has 0 saturated carbocycles. The van der Waals surface area contributed by atoms with Crippen molar-refractivity contribution in [3.05, 3.63) is 42.1 Å². The van der Waals surface area contributed by atoms with Gasteiger partial charge in [0.05, 0.1) is 18.2 Å². The number of amides is 4. The van der Waals surface area contributed by atoms with Crippen molar-refractivity contribution < 1.29 is 19.1 Å². The predicted molar refractivity (Wildman–Crippen MR) is 122 cm³/mol. The van der Waals surface area contributed by atoms with E-state index in [0.717, 1.165) is 22.4 Å². The van der Waals surface area contributed by atoms with E-state index in [0.29, 0.717) is 18.1 Å². The van der Waals surface area contributed by atoms with E-state index in [4.69, 9.17) is 4.74 Å². The maximum Gasteiger partial charge on any atom is 0.328 e. The molecule has 35 heavy (non-hydrogen) atoms. The lowest BCUT2D eigenvalue weighted by Crippen LogP contribution is -2.75. The normalized spacial score (nSPS) is 25.0. The number of tetrazole rings is 1. The average molecular weight is 474 g/mol. The SMILES string of the molecule is C[C@@H]1CN2c3ccc(-c4ccc(-c5nn[nH]n5)nc4)cc3CC3(C(=O)NC(=O)NC3=O)[C@H]2[C@H](C)O1. The Morgan fingerprint density at radius 2 is 1.83 bits per heavy atom. The quantitative estimate of drug-likeness (QED) is 0.458. The number of rotatable bonds is 2. The molecular formula is C23H22N8O4. The van der Waals surface area contributed by atoms with E-state index in [1.54, 1.807) is 12.3 Å². The molecule has 3 atom stereocenters. The van der Waals surface area contributed by atoms with Crippen LogP contribution in [0, 0.1) is 5.41 Å². The number of pyridine rings is 1. The Labute approximate surface area is 199 Å². The number of benzene rings is 1. The minimum absolute atomic E-state index is 0.0952. The number of nitrogens with one attached hydrogen (secondary N) is 3. The molecule has 2 fully saturated rings. The number of aromatic nitrogens is 5. The second-order valence-corrected chi connectivity index (χ2v) is 9.15. The number of nitrogens with zero attached hydrogens (tertiary/aromatic N) is 5. The lowest BCUT2D eigenvalue weighted by molar-refractivity contribution is -0.153. The molecule has 3 aromatic rings. The topological polar surface area (TPSA) is 155 Å². The van der Waals surface area contributed by atoms with Gasteiger partial charge < -0.3 is 9.64 Å². The number of hydrogen-bond donors (Lipinski definition) is 3. The van der Waals surface area contributed by atoms with E-state index in [1.807, 2.05) is 38.1 Å². The average Bonchev–Trinajstić information content (AvgIpc) is 3.37. The molecule has 3 aliphatic heterocycles. The summed E-state index contributed by atoms with van der Waals surface area (Å²) in [6.45, 7) is 4.34. The van der Waals surface area contributed by atoms with Crippen LogP contribution < -0.4 is 15.5 Å².